The maximum atomic E-state index is 12.6. The Hall–Kier alpha value is -2.44. The minimum Gasteiger partial charge on any atom is -0.465 e. The van der Waals surface area contributed by atoms with E-state index in [0.717, 1.165) is 0 Å². The van der Waals surface area contributed by atoms with Crippen molar-refractivity contribution in [2.75, 3.05) is 4.90 Å². The van der Waals surface area contributed by atoms with Gasteiger partial charge in [-0.1, -0.05) is 17.7 Å². The lowest BCUT2D eigenvalue weighted by atomic mass is 10.1. The van der Waals surface area contributed by atoms with Gasteiger partial charge in [0.05, 0.1) is 12.0 Å². The van der Waals surface area contributed by atoms with Crippen molar-refractivity contribution < 1.29 is 14.0 Å². The SMILES string of the molecule is O=C1NC(=S)N(c2cccc(Cl)c2)C(=O)C1=Cc1ccco1. The maximum Gasteiger partial charge on any atom is 0.270 e. The fourth-order valence-corrected chi connectivity index (χ4v) is 2.49. The van der Waals surface area contributed by atoms with Gasteiger partial charge in [-0.3, -0.25) is 19.8 Å². The Labute approximate surface area is 136 Å². The molecule has 0 bridgehead atoms. The predicted octanol–water partition coefficient (Wildman–Crippen LogP) is 2.76. The van der Waals surface area contributed by atoms with Crippen LogP contribution >= 0.6 is 23.8 Å². The van der Waals surface area contributed by atoms with Crippen LogP contribution in [0.4, 0.5) is 5.69 Å². The van der Waals surface area contributed by atoms with Gasteiger partial charge in [0.1, 0.15) is 11.3 Å². The van der Waals surface area contributed by atoms with Gasteiger partial charge in [-0.25, -0.2) is 0 Å². The lowest BCUT2D eigenvalue weighted by Gasteiger charge is -2.28. The van der Waals surface area contributed by atoms with Crippen LogP contribution in [0.25, 0.3) is 6.08 Å². The molecule has 1 aliphatic heterocycles. The highest BCUT2D eigenvalue weighted by Gasteiger charge is 2.34. The molecule has 2 amide bonds. The van der Waals surface area contributed by atoms with Crippen LogP contribution in [0.2, 0.25) is 5.02 Å². The van der Waals surface area contributed by atoms with Gasteiger partial charge in [0, 0.05) is 5.02 Å². The fraction of sp³-hybridized carbons (Fsp3) is 0. The first-order valence-corrected chi connectivity index (χ1v) is 7.05. The van der Waals surface area contributed by atoms with Crippen molar-refractivity contribution >= 4 is 52.5 Å². The highest BCUT2D eigenvalue weighted by atomic mass is 35.5. The Morgan fingerprint density at radius 2 is 2.05 bits per heavy atom. The molecule has 2 heterocycles. The van der Waals surface area contributed by atoms with E-state index in [2.05, 4.69) is 5.32 Å². The first kappa shape index (κ1) is 14.5. The molecule has 1 aromatic heterocycles. The molecule has 0 saturated carbocycles. The second-order valence-electron chi connectivity index (χ2n) is 4.45. The van der Waals surface area contributed by atoms with Gasteiger partial charge in [0.2, 0.25) is 0 Å². The van der Waals surface area contributed by atoms with E-state index in [1.807, 2.05) is 0 Å². The molecule has 1 aliphatic rings. The van der Waals surface area contributed by atoms with Crippen LogP contribution in [0.1, 0.15) is 5.76 Å². The van der Waals surface area contributed by atoms with E-state index in [1.54, 1.807) is 36.4 Å². The molecule has 1 N–H and O–H groups in total. The second-order valence-corrected chi connectivity index (χ2v) is 5.28. The number of anilines is 1. The lowest BCUT2D eigenvalue weighted by molar-refractivity contribution is -0.122. The molecule has 1 fully saturated rings. The summed E-state index contributed by atoms with van der Waals surface area (Å²) < 4.78 is 5.14. The van der Waals surface area contributed by atoms with E-state index in [4.69, 9.17) is 28.2 Å². The Bertz CT molecular complexity index is 799. The number of nitrogens with zero attached hydrogens (tertiary/aromatic N) is 1. The van der Waals surface area contributed by atoms with Crippen LogP contribution in [0.3, 0.4) is 0 Å². The van der Waals surface area contributed by atoms with Gasteiger partial charge < -0.3 is 4.42 Å². The third-order valence-corrected chi connectivity index (χ3v) is 3.52. The van der Waals surface area contributed by atoms with Crippen molar-refractivity contribution in [3.8, 4) is 0 Å². The number of amides is 2. The number of halogens is 1. The van der Waals surface area contributed by atoms with Gasteiger partial charge in [0.15, 0.2) is 5.11 Å². The average molecular weight is 333 g/mol. The summed E-state index contributed by atoms with van der Waals surface area (Å²) in [4.78, 5) is 25.8. The van der Waals surface area contributed by atoms with Crippen LogP contribution in [0.5, 0.6) is 0 Å². The Morgan fingerprint density at radius 3 is 2.73 bits per heavy atom. The standard InChI is InChI=1S/C15H9ClN2O3S/c16-9-3-1-4-10(7-9)18-14(20)12(13(19)17-15(18)22)8-11-5-2-6-21-11/h1-8H,(H,17,19,22). The quantitative estimate of drug-likeness (QED) is 0.522. The zero-order valence-electron chi connectivity index (χ0n) is 11.1. The van der Waals surface area contributed by atoms with Crippen molar-refractivity contribution in [2.45, 2.75) is 0 Å². The number of benzene rings is 1. The molecule has 0 unspecified atom stereocenters. The number of thiocarbonyl (C=S) groups is 1. The molecule has 22 heavy (non-hydrogen) atoms. The zero-order chi connectivity index (χ0) is 15.7. The molecule has 0 radical (unpaired) electrons. The van der Waals surface area contributed by atoms with Gasteiger partial charge in [0.25, 0.3) is 11.8 Å². The second kappa shape index (κ2) is 5.75. The monoisotopic (exact) mass is 332 g/mol. The van der Waals surface area contributed by atoms with Crippen LogP contribution in [-0.2, 0) is 9.59 Å². The molecular weight excluding hydrogens is 324 g/mol. The van der Waals surface area contributed by atoms with E-state index in [1.165, 1.54) is 17.2 Å². The number of furan rings is 1. The fourth-order valence-electron chi connectivity index (χ4n) is 2.02. The third kappa shape index (κ3) is 2.66. The summed E-state index contributed by atoms with van der Waals surface area (Å²) in [5, 5.41) is 2.95. The number of hydrogen-bond acceptors (Lipinski definition) is 4. The number of rotatable bonds is 2. The summed E-state index contributed by atoms with van der Waals surface area (Å²) in [6, 6.07) is 9.95. The zero-order valence-corrected chi connectivity index (χ0v) is 12.6. The minimum absolute atomic E-state index is 0.00821. The van der Waals surface area contributed by atoms with E-state index in [0.29, 0.717) is 16.5 Å². The normalized spacial score (nSPS) is 17.0. The molecule has 0 aliphatic carbocycles. The first-order chi connectivity index (χ1) is 10.6. The molecule has 2 aromatic rings. The molecule has 1 aromatic carbocycles. The maximum absolute atomic E-state index is 12.6. The Balaban J connectivity index is 2.03. The molecular formula is C15H9ClN2O3S. The van der Waals surface area contributed by atoms with Gasteiger partial charge in [-0.2, -0.15) is 0 Å². The molecule has 3 rings (SSSR count). The van der Waals surface area contributed by atoms with Crippen molar-refractivity contribution in [1.29, 1.82) is 0 Å². The van der Waals surface area contributed by atoms with Crippen molar-refractivity contribution in [1.82, 2.24) is 5.32 Å². The molecule has 0 spiro atoms. The lowest BCUT2D eigenvalue weighted by Crippen LogP contribution is -2.54. The number of carbonyl (C=O) groups excluding carboxylic acids is 2. The molecule has 0 atom stereocenters. The molecule has 110 valence electrons. The summed E-state index contributed by atoms with van der Waals surface area (Å²) in [7, 11) is 0. The molecule has 5 nitrogen and oxygen atoms in total. The van der Waals surface area contributed by atoms with Crippen molar-refractivity contribution in [3.05, 3.63) is 59.0 Å². The van der Waals surface area contributed by atoms with E-state index >= 15 is 0 Å². The number of hydrogen-bond donors (Lipinski definition) is 1. The predicted molar refractivity (Wildman–Crippen MR) is 86.4 cm³/mol. The smallest absolute Gasteiger partial charge is 0.270 e. The summed E-state index contributed by atoms with van der Waals surface area (Å²) in [6.45, 7) is 0. The molecule has 1 saturated heterocycles. The summed E-state index contributed by atoms with van der Waals surface area (Å²) in [6.07, 6.45) is 2.83. The summed E-state index contributed by atoms with van der Waals surface area (Å²) >= 11 is 11.0. The van der Waals surface area contributed by atoms with Gasteiger partial charge in [-0.15, -0.1) is 0 Å². The van der Waals surface area contributed by atoms with Crippen LogP contribution < -0.4 is 10.2 Å². The number of nitrogens with one attached hydrogen (secondary N) is 1. The van der Waals surface area contributed by atoms with E-state index in [-0.39, 0.29) is 10.7 Å². The average Bonchev–Trinajstić information content (AvgIpc) is 2.96. The highest BCUT2D eigenvalue weighted by Crippen LogP contribution is 2.24. The Morgan fingerprint density at radius 1 is 1.23 bits per heavy atom. The highest BCUT2D eigenvalue weighted by molar-refractivity contribution is 7.80. The van der Waals surface area contributed by atoms with Crippen molar-refractivity contribution in [2.24, 2.45) is 0 Å². The van der Waals surface area contributed by atoms with Crippen LogP contribution in [0.15, 0.2) is 52.7 Å². The van der Waals surface area contributed by atoms with Crippen LogP contribution in [-0.4, -0.2) is 16.9 Å². The first-order valence-electron chi connectivity index (χ1n) is 6.27. The van der Waals surface area contributed by atoms with Gasteiger partial charge >= 0.3 is 0 Å². The third-order valence-electron chi connectivity index (χ3n) is 3.00. The molecule has 7 heteroatoms. The van der Waals surface area contributed by atoms with E-state index in [9.17, 15) is 9.59 Å². The Kier molecular flexibility index (Phi) is 3.79. The largest absolute Gasteiger partial charge is 0.465 e. The number of carbonyl (C=O) groups is 2. The van der Waals surface area contributed by atoms with E-state index < -0.39 is 11.8 Å². The minimum atomic E-state index is -0.565. The topological polar surface area (TPSA) is 62.6 Å². The summed E-state index contributed by atoms with van der Waals surface area (Å²) in [5.41, 5.74) is 0.413. The van der Waals surface area contributed by atoms with Gasteiger partial charge in [-0.05, 0) is 48.6 Å². The summed E-state index contributed by atoms with van der Waals surface area (Å²) in [5.74, 6) is -0.700. The van der Waals surface area contributed by atoms with Crippen LogP contribution in [0, 0.1) is 0 Å². The van der Waals surface area contributed by atoms with Crippen molar-refractivity contribution in [3.63, 3.8) is 0 Å².